The Morgan fingerprint density at radius 3 is 3.00 bits per heavy atom. The molecule has 64 valence electrons. The quantitative estimate of drug-likeness (QED) is 0.607. The van der Waals surface area contributed by atoms with Crippen molar-refractivity contribution in [1.82, 2.24) is 10.2 Å². The zero-order valence-corrected chi connectivity index (χ0v) is 7.60. The summed E-state index contributed by atoms with van der Waals surface area (Å²) in [6.07, 6.45) is 1.01. The molecule has 1 aliphatic heterocycles. The number of amides is 2. The minimum Gasteiger partial charge on any atom is -0.333 e. The lowest BCUT2D eigenvalue weighted by Crippen LogP contribution is -2.29. The van der Waals surface area contributed by atoms with Gasteiger partial charge in [-0.3, -0.25) is 0 Å². The van der Waals surface area contributed by atoms with E-state index in [2.05, 4.69) is 24.9 Å². The van der Waals surface area contributed by atoms with Crippen LogP contribution in [0.2, 0.25) is 0 Å². The Bertz CT molecular complexity index is 151. The fraction of sp³-hybridized carbons (Fsp3) is 0.857. The summed E-state index contributed by atoms with van der Waals surface area (Å²) in [5.41, 5.74) is 0. The van der Waals surface area contributed by atoms with Gasteiger partial charge in [0.25, 0.3) is 0 Å². The van der Waals surface area contributed by atoms with Crippen LogP contribution in [-0.2, 0) is 0 Å². The number of thiol groups is 1. The number of nitrogens with zero attached hydrogens (tertiary/aromatic N) is 1. The number of hydrogen-bond acceptors (Lipinski definition) is 2. The topological polar surface area (TPSA) is 32.3 Å². The lowest BCUT2D eigenvalue weighted by Gasteiger charge is -2.11. The maximum Gasteiger partial charge on any atom is 0.317 e. The van der Waals surface area contributed by atoms with Gasteiger partial charge in [0.2, 0.25) is 0 Å². The second kappa shape index (κ2) is 3.85. The number of urea groups is 1. The molecule has 0 bridgehead atoms. The molecule has 3 nitrogen and oxygen atoms in total. The molecule has 1 aliphatic rings. The lowest BCUT2D eigenvalue weighted by atomic mass is 10.2. The van der Waals surface area contributed by atoms with Gasteiger partial charge < -0.3 is 10.2 Å². The minimum absolute atomic E-state index is 0.0610. The lowest BCUT2D eigenvalue weighted by molar-refractivity contribution is 0.220. The van der Waals surface area contributed by atoms with Gasteiger partial charge in [0, 0.05) is 24.9 Å². The maximum atomic E-state index is 11.1. The van der Waals surface area contributed by atoms with Crippen molar-refractivity contribution in [2.75, 3.05) is 18.8 Å². The fourth-order valence-electron chi connectivity index (χ4n) is 1.21. The Labute approximate surface area is 72.5 Å². The molecule has 1 rings (SSSR count). The summed E-state index contributed by atoms with van der Waals surface area (Å²) in [5, 5.41) is 2.89. The van der Waals surface area contributed by atoms with E-state index in [0.717, 1.165) is 25.3 Å². The standard InChI is InChI=1S/C7H14N2OS/c1-2-6-5-9(3-4-11)7(10)8-6/h6,11H,2-5H2,1H3,(H,8,10). The van der Waals surface area contributed by atoms with Crippen LogP contribution in [0.15, 0.2) is 0 Å². The third-order valence-electron chi connectivity index (χ3n) is 1.92. The van der Waals surface area contributed by atoms with Crippen LogP contribution in [0.5, 0.6) is 0 Å². The van der Waals surface area contributed by atoms with Gasteiger partial charge in [-0.2, -0.15) is 12.6 Å². The largest absolute Gasteiger partial charge is 0.333 e. The van der Waals surface area contributed by atoms with Gasteiger partial charge in [0.05, 0.1) is 0 Å². The molecule has 0 radical (unpaired) electrons. The van der Waals surface area contributed by atoms with Gasteiger partial charge in [-0.25, -0.2) is 4.79 Å². The molecule has 0 aromatic carbocycles. The molecule has 1 unspecified atom stereocenters. The summed E-state index contributed by atoms with van der Waals surface area (Å²) in [5.74, 6) is 0.740. The normalized spacial score (nSPS) is 24.0. The van der Waals surface area contributed by atoms with Crippen LogP contribution in [0, 0.1) is 0 Å². The SMILES string of the molecule is CCC1CN(CCS)C(=O)N1. The summed E-state index contributed by atoms with van der Waals surface area (Å²) in [4.78, 5) is 12.9. The van der Waals surface area contributed by atoms with E-state index in [9.17, 15) is 4.79 Å². The van der Waals surface area contributed by atoms with Crippen molar-refractivity contribution < 1.29 is 4.79 Å². The summed E-state index contributed by atoms with van der Waals surface area (Å²) < 4.78 is 0. The first kappa shape index (κ1) is 8.71. The van der Waals surface area contributed by atoms with Crippen molar-refractivity contribution in [2.45, 2.75) is 19.4 Å². The van der Waals surface area contributed by atoms with Crippen LogP contribution in [0.3, 0.4) is 0 Å². The van der Waals surface area contributed by atoms with Crippen LogP contribution in [0.25, 0.3) is 0 Å². The highest BCUT2D eigenvalue weighted by atomic mass is 32.1. The molecular weight excluding hydrogens is 160 g/mol. The van der Waals surface area contributed by atoms with Crippen molar-refractivity contribution in [1.29, 1.82) is 0 Å². The number of nitrogens with one attached hydrogen (secondary N) is 1. The van der Waals surface area contributed by atoms with Crippen LogP contribution in [-0.4, -0.2) is 35.8 Å². The number of carbonyl (C=O) groups is 1. The summed E-state index contributed by atoms with van der Waals surface area (Å²) in [7, 11) is 0. The third kappa shape index (κ3) is 2.02. The van der Waals surface area contributed by atoms with Crippen LogP contribution in [0.4, 0.5) is 4.79 Å². The van der Waals surface area contributed by atoms with Crippen LogP contribution < -0.4 is 5.32 Å². The Hall–Kier alpha value is -0.380. The molecule has 1 atom stereocenters. The molecular formula is C7H14N2OS. The number of carbonyl (C=O) groups excluding carboxylic acids is 1. The molecule has 4 heteroatoms. The molecule has 0 aromatic rings. The highest BCUT2D eigenvalue weighted by molar-refractivity contribution is 7.80. The van der Waals surface area contributed by atoms with E-state index in [1.54, 1.807) is 4.90 Å². The first-order valence-corrected chi connectivity index (χ1v) is 4.57. The Kier molecular flexibility index (Phi) is 3.05. The third-order valence-corrected chi connectivity index (χ3v) is 2.12. The van der Waals surface area contributed by atoms with Crippen LogP contribution in [0.1, 0.15) is 13.3 Å². The molecule has 0 saturated carbocycles. The Morgan fingerprint density at radius 2 is 2.55 bits per heavy atom. The molecule has 1 fully saturated rings. The molecule has 2 amide bonds. The van der Waals surface area contributed by atoms with E-state index < -0.39 is 0 Å². The van der Waals surface area contributed by atoms with E-state index in [1.807, 2.05) is 0 Å². The molecule has 1 N–H and O–H groups in total. The van der Waals surface area contributed by atoms with Crippen molar-refractivity contribution >= 4 is 18.7 Å². The minimum atomic E-state index is 0.0610. The number of rotatable bonds is 3. The predicted octanol–water partition coefficient (Wildman–Crippen LogP) is 0.720. The molecule has 1 saturated heterocycles. The molecule has 0 aliphatic carbocycles. The van der Waals surface area contributed by atoms with Gasteiger partial charge in [-0.05, 0) is 6.42 Å². The van der Waals surface area contributed by atoms with E-state index in [4.69, 9.17) is 0 Å². The van der Waals surface area contributed by atoms with E-state index in [0.29, 0.717) is 6.04 Å². The Balaban J connectivity index is 2.38. The summed E-state index contributed by atoms with van der Waals surface area (Å²) >= 11 is 4.07. The van der Waals surface area contributed by atoms with Crippen molar-refractivity contribution in [2.24, 2.45) is 0 Å². The van der Waals surface area contributed by atoms with E-state index in [-0.39, 0.29) is 6.03 Å². The average molecular weight is 174 g/mol. The zero-order valence-electron chi connectivity index (χ0n) is 6.71. The van der Waals surface area contributed by atoms with Crippen molar-refractivity contribution in [3.63, 3.8) is 0 Å². The fourth-order valence-corrected chi connectivity index (χ4v) is 1.45. The van der Waals surface area contributed by atoms with Crippen molar-refractivity contribution in [3.8, 4) is 0 Å². The van der Waals surface area contributed by atoms with Gasteiger partial charge in [-0.15, -0.1) is 0 Å². The van der Waals surface area contributed by atoms with Gasteiger partial charge in [0.1, 0.15) is 0 Å². The molecule has 0 spiro atoms. The molecule has 0 aromatic heterocycles. The first-order valence-electron chi connectivity index (χ1n) is 3.94. The average Bonchev–Trinajstić information content (AvgIpc) is 2.33. The van der Waals surface area contributed by atoms with Crippen molar-refractivity contribution in [3.05, 3.63) is 0 Å². The highest BCUT2D eigenvalue weighted by Gasteiger charge is 2.25. The van der Waals surface area contributed by atoms with E-state index >= 15 is 0 Å². The Morgan fingerprint density at radius 1 is 1.82 bits per heavy atom. The van der Waals surface area contributed by atoms with Gasteiger partial charge in [0.15, 0.2) is 0 Å². The highest BCUT2D eigenvalue weighted by Crippen LogP contribution is 2.05. The summed E-state index contributed by atoms with van der Waals surface area (Å²) in [6.45, 7) is 3.68. The zero-order chi connectivity index (χ0) is 8.27. The molecule has 1 heterocycles. The molecule has 11 heavy (non-hydrogen) atoms. The monoisotopic (exact) mass is 174 g/mol. The van der Waals surface area contributed by atoms with E-state index in [1.165, 1.54) is 0 Å². The smallest absolute Gasteiger partial charge is 0.317 e. The van der Waals surface area contributed by atoms with Gasteiger partial charge >= 0.3 is 6.03 Å². The second-order valence-electron chi connectivity index (χ2n) is 2.72. The second-order valence-corrected chi connectivity index (χ2v) is 3.17. The maximum absolute atomic E-state index is 11.1. The predicted molar refractivity (Wildman–Crippen MR) is 48.0 cm³/mol. The summed E-state index contributed by atoms with van der Waals surface area (Å²) in [6, 6.07) is 0.410. The first-order chi connectivity index (χ1) is 5.27. The number of hydrogen-bond donors (Lipinski definition) is 2. The van der Waals surface area contributed by atoms with Crippen LogP contribution >= 0.6 is 12.6 Å². The van der Waals surface area contributed by atoms with Gasteiger partial charge in [-0.1, -0.05) is 6.92 Å².